The largest absolute Gasteiger partial charge is 0.321 e. The average molecular weight is 525 g/mol. The third-order valence-corrected chi connectivity index (χ3v) is 8.49. The molecule has 1 saturated carbocycles. The quantitative estimate of drug-likeness (QED) is 0.262. The number of aryl methyl sites for hydroxylation is 1. The maximum Gasteiger partial charge on any atom is 0.253 e. The number of nitrogens with one attached hydrogen (secondary N) is 1. The molecule has 0 unspecified atom stereocenters. The maximum atomic E-state index is 13.8. The monoisotopic (exact) mass is 524 g/mol. The first kappa shape index (κ1) is 24.7. The Morgan fingerprint density at radius 2 is 1.87 bits per heavy atom. The van der Waals surface area contributed by atoms with Crippen molar-refractivity contribution in [2.24, 2.45) is 0 Å². The van der Waals surface area contributed by atoms with Gasteiger partial charge in [0.05, 0.1) is 11.6 Å². The number of thiophene rings is 1. The fourth-order valence-corrected chi connectivity index (χ4v) is 6.46. The molecule has 194 valence electrons. The van der Waals surface area contributed by atoms with Crippen molar-refractivity contribution in [3.05, 3.63) is 110 Å². The van der Waals surface area contributed by atoms with E-state index in [1.54, 1.807) is 11.3 Å². The van der Waals surface area contributed by atoms with E-state index < -0.39 is 6.04 Å². The van der Waals surface area contributed by atoms with Crippen LogP contribution >= 0.6 is 11.3 Å². The van der Waals surface area contributed by atoms with Gasteiger partial charge in [-0.2, -0.15) is 0 Å². The summed E-state index contributed by atoms with van der Waals surface area (Å²) in [5, 5.41) is 16.4. The number of rotatable bonds is 8. The molecule has 0 spiro atoms. The van der Waals surface area contributed by atoms with Gasteiger partial charge in [0, 0.05) is 23.5 Å². The Bertz CT molecular complexity index is 1550. The molecule has 0 radical (unpaired) electrons. The number of aromatic nitrogens is 5. The summed E-state index contributed by atoms with van der Waals surface area (Å²) >= 11 is 1.73. The molecule has 0 saturated heterocycles. The molecule has 1 fully saturated rings. The molecule has 1 N–H and O–H groups in total. The summed E-state index contributed by atoms with van der Waals surface area (Å²) in [6.45, 7) is 3.36. The minimum Gasteiger partial charge on any atom is -0.321 e. The molecule has 0 amide bonds. The maximum absolute atomic E-state index is 13.8. The molecule has 3 heterocycles. The molecule has 7 nitrogen and oxygen atoms in total. The van der Waals surface area contributed by atoms with Crippen LogP contribution in [-0.4, -0.2) is 30.1 Å². The van der Waals surface area contributed by atoms with Gasteiger partial charge in [0.1, 0.15) is 6.04 Å². The SMILES string of the molecule is Cc1cccc2cc([C@@H](c3nnnn3C3CCCCC3)N(Cc3ccccc3)Cc3cccs3)c(=O)[nH]c12. The summed E-state index contributed by atoms with van der Waals surface area (Å²) in [5.74, 6) is 0.738. The van der Waals surface area contributed by atoms with E-state index in [9.17, 15) is 4.79 Å². The zero-order valence-electron chi connectivity index (χ0n) is 21.6. The highest BCUT2D eigenvalue weighted by Crippen LogP contribution is 2.35. The molecular formula is C30H32N6OS. The Hall–Kier alpha value is -3.62. The molecule has 1 atom stereocenters. The van der Waals surface area contributed by atoms with Crippen molar-refractivity contribution < 1.29 is 0 Å². The highest BCUT2D eigenvalue weighted by Gasteiger charge is 2.33. The van der Waals surface area contributed by atoms with Crippen molar-refractivity contribution in [2.45, 2.75) is 64.2 Å². The van der Waals surface area contributed by atoms with E-state index in [4.69, 9.17) is 0 Å². The predicted octanol–water partition coefficient (Wildman–Crippen LogP) is 6.18. The number of fused-ring (bicyclic) bond motifs is 1. The van der Waals surface area contributed by atoms with Crippen molar-refractivity contribution in [3.63, 3.8) is 0 Å². The molecule has 0 aliphatic heterocycles. The number of aromatic amines is 1. The van der Waals surface area contributed by atoms with Crippen LogP contribution in [0.3, 0.4) is 0 Å². The van der Waals surface area contributed by atoms with E-state index >= 15 is 0 Å². The zero-order valence-corrected chi connectivity index (χ0v) is 22.4. The average Bonchev–Trinajstić information content (AvgIpc) is 3.64. The standard InChI is InChI=1S/C30H32N6OS/c1-21-10-8-13-23-18-26(30(37)31-27(21)23)28(29-32-33-34-36(29)24-14-6-3-7-15-24)35(20-25-16-9-17-38-25)19-22-11-4-2-5-12-22/h2,4-5,8-13,16-18,24,28H,3,6-7,14-15,19-20H2,1H3,(H,31,37)/t28-/m0/s1. The molecule has 6 rings (SSSR count). The molecular weight excluding hydrogens is 492 g/mol. The number of benzene rings is 2. The van der Waals surface area contributed by atoms with Gasteiger partial charge in [0.2, 0.25) is 0 Å². The minimum atomic E-state index is -0.414. The zero-order chi connectivity index (χ0) is 25.9. The molecule has 38 heavy (non-hydrogen) atoms. The fourth-order valence-electron chi connectivity index (χ4n) is 5.73. The summed E-state index contributed by atoms with van der Waals surface area (Å²) < 4.78 is 2.01. The van der Waals surface area contributed by atoms with E-state index in [2.05, 4.69) is 73.3 Å². The van der Waals surface area contributed by atoms with Crippen LogP contribution in [0.2, 0.25) is 0 Å². The lowest BCUT2D eigenvalue weighted by molar-refractivity contribution is 0.188. The number of hydrogen-bond acceptors (Lipinski definition) is 6. The number of nitrogens with zero attached hydrogens (tertiary/aromatic N) is 5. The molecule has 2 aromatic carbocycles. The minimum absolute atomic E-state index is 0.0979. The Kier molecular flexibility index (Phi) is 7.16. The van der Waals surface area contributed by atoms with E-state index in [1.165, 1.54) is 29.7 Å². The molecule has 1 aliphatic carbocycles. The van der Waals surface area contributed by atoms with Crippen LogP contribution in [0.5, 0.6) is 0 Å². The Labute approximate surface area is 226 Å². The third kappa shape index (κ3) is 5.06. The third-order valence-electron chi connectivity index (χ3n) is 7.63. The van der Waals surface area contributed by atoms with Crippen LogP contribution in [0.4, 0.5) is 0 Å². The number of hydrogen-bond donors (Lipinski definition) is 1. The molecule has 1 aliphatic rings. The topological polar surface area (TPSA) is 79.7 Å². The highest BCUT2D eigenvalue weighted by atomic mass is 32.1. The van der Waals surface area contributed by atoms with Crippen molar-refractivity contribution in [1.29, 1.82) is 0 Å². The van der Waals surface area contributed by atoms with Crippen molar-refractivity contribution in [2.75, 3.05) is 0 Å². The van der Waals surface area contributed by atoms with Gasteiger partial charge in [-0.05, 0) is 64.2 Å². The summed E-state index contributed by atoms with van der Waals surface area (Å²) in [7, 11) is 0. The van der Waals surface area contributed by atoms with E-state index in [0.717, 1.165) is 35.1 Å². The first-order chi connectivity index (χ1) is 18.7. The van der Waals surface area contributed by atoms with Gasteiger partial charge in [-0.1, -0.05) is 73.9 Å². The van der Waals surface area contributed by atoms with Crippen molar-refractivity contribution in [1.82, 2.24) is 30.1 Å². The summed E-state index contributed by atoms with van der Waals surface area (Å²) in [4.78, 5) is 20.6. The number of pyridine rings is 1. The van der Waals surface area contributed by atoms with Crippen LogP contribution < -0.4 is 5.56 Å². The Balaban J connectivity index is 1.53. The number of H-pyrrole nitrogens is 1. The van der Waals surface area contributed by atoms with E-state index in [0.29, 0.717) is 18.7 Å². The normalized spacial score (nSPS) is 15.3. The Morgan fingerprint density at radius 3 is 2.66 bits per heavy atom. The van der Waals surface area contributed by atoms with Crippen LogP contribution in [0.25, 0.3) is 10.9 Å². The van der Waals surface area contributed by atoms with Crippen LogP contribution in [-0.2, 0) is 13.1 Å². The van der Waals surface area contributed by atoms with Crippen molar-refractivity contribution >= 4 is 22.2 Å². The highest BCUT2D eigenvalue weighted by molar-refractivity contribution is 7.09. The second-order valence-corrected chi connectivity index (χ2v) is 11.3. The molecule has 3 aromatic heterocycles. The predicted molar refractivity (Wildman–Crippen MR) is 151 cm³/mol. The van der Waals surface area contributed by atoms with Crippen LogP contribution in [0, 0.1) is 6.92 Å². The number of para-hydroxylation sites is 1. The van der Waals surface area contributed by atoms with E-state index in [1.807, 2.05) is 35.9 Å². The first-order valence-electron chi connectivity index (χ1n) is 13.4. The van der Waals surface area contributed by atoms with Crippen LogP contribution in [0.15, 0.2) is 76.9 Å². The summed E-state index contributed by atoms with van der Waals surface area (Å²) in [6.07, 6.45) is 5.71. The van der Waals surface area contributed by atoms with Gasteiger partial charge in [0.15, 0.2) is 5.82 Å². The summed E-state index contributed by atoms with van der Waals surface area (Å²) in [6, 6.07) is 22.6. The lowest BCUT2D eigenvalue weighted by atomic mass is 9.95. The van der Waals surface area contributed by atoms with Crippen molar-refractivity contribution in [3.8, 4) is 0 Å². The molecule has 8 heteroatoms. The van der Waals surface area contributed by atoms with Gasteiger partial charge in [-0.3, -0.25) is 9.69 Å². The van der Waals surface area contributed by atoms with Crippen LogP contribution in [0.1, 0.15) is 71.6 Å². The second kappa shape index (κ2) is 11.0. The summed E-state index contributed by atoms with van der Waals surface area (Å²) in [5.41, 5.74) is 3.68. The fraction of sp³-hybridized carbons (Fsp3) is 0.333. The molecule has 5 aromatic rings. The smallest absolute Gasteiger partial charge is 0.253 e. The van der Waals surface area contributed by atoms with Gasteiger partial charge in [-0.15, -0.1) is 16.4 Å². The van der Waals surface area contributed by atoms with Gasteiger partial charge in [0.25, 0.3) is 5.56 Å². The van der Waals surface area contributed by atoms with Gasteiger partial charge < -0.3 is 4.98 Å². The van der Waals surface area contributed by atoms with E-state index in [-0.39, 0.29) is 11.6 Å². The Morgan fingerprint density at radius 1 is 1.03 bits per heavy atom. The van der Waals surface area contributed by atoms with Gasteiger partial charge >= 0.3 is 0 Å². The van der Waals surface area contributed by atoms with Gasteiger partial charge in [-0.25, -0.2) is 4.68 Å². The molecule has 0 bridgehead atoms. The lowest BCUT2D eigenvalue weighted by Gasteiger charge is -2.32. The lowest BCUT2D eigenvalue weighted by Crippen LogP contribution is -2.35. The first-order valence-corrected chi connectivity index (χ1v) is 14.3. The number of tetrazole rings is 1. The second-order valence-electron chi connectivity index (χ2n) is 10.2.